The van der Waals surface area contributed by atoms with Crippen molar-refractivity contribution < 1.29 is 38.4 Å². The summed E-state index contributed by atoms with van der Waals surface area (Å²) in [5.74, 6) is -3.21. The topological polar surface area (TPSA) is 169 Å². The van der Waals surface area contributed by atoms with Crippen molar-refractivity contribution in [2.45, 2.75) is 77.9 Å². The first-order chi connectivity index (χ1) is 19.4. The summed E-state index contributed by atoms with van der Waals surface area (Å²) in [6.07, 6.45) is -0.641. The summed E-state index contributed by atoms with van der Waals surface area (Å²) < 4.78 is 23.7. The van der Waals surface area contributed by atoms with Crippen LogP contribution in [0.5, 0.6) is 0 Å². The molecule has 2 unspecified atom stereocenters. The van der Waals surface area contributed by atoms with E-state index in [9.17, 15) is 28.9 Å². The minimum atomic E-state index is -3.83. The number of anilines is 1. The molecule has 0 aliphatic rings. The van der Waals surface area contributed by atoms with E-state index >= 15 is 0 Å². The molecule has 230 valence electrons. The van der Waals surface area contributed by atoms with Gasteiger partial charge in [-0.25, -0.2) is 14.5 Å². The van der Waals surface area contributed by atoms with E-state index in [4.69, 9.17) is 15.2 Å². The minimum absolute atomic E-state index is 0.0250. The predicted octanol–water partition coefficient (Wildman–Crippen LogP) is 6.14. The van der Waals surface area contributed by atoms with Gasteiger partial charge in [-0.1, -0.05) is 42.5 Å². The third-order valence-corrected chi connectivity index (χ3v) is 7.72. The summed E-state index contributed by atoms with van der Waals surface area (Å²) in [7, 11) is -3.83. The zero-order valence-electron chi connectivity index (χ0n) is 25.1. The Kier molecular flexibility index (Phi) is 11.9. The van der Waals surface area contributed by atoms with E-state index < -0.39 is 54.8 Å². The lowest BCUT2D eigenvalue weighted by atomic mass is 10.0. The highest BCUT2D eigenvalue weighted by Crippen LogP contribution is 2.46. The molecule has 0 spiro atoms. The van der Waals surface area contributed by atoms with Gasteiger partial charge in [0.2, 0.25) is 13.3 Å². The number of benzene rings is 2. The van der Waals surface area contributed by atoms with Crippen LogP contribution < -0.4 is 10.6 Å². The van der Waals surface area contributed by atoms with Gasteiger partial charge in [0.05, 0.1) is 11.6 Å². The number of nitrogens with zero attached hydrogens (tertiary/aromatic N) is 2. The second kappa shape index (κ2) is 14.5. The first kappa shape index (κ1) is 34.5. The number of aliphatic imine (C=N–C) groups is 1. The fourth-order valence-electron chi connectivity index (χ4n) is 3.98. The standard InChI is InChI=1S/C30H42N3O8P/c1-29(2,3)40-27(36)32-26(31)33(28(37)41-30(4,5)6)23-17-12-16-22(19-23)24(25(34)35)20-42(38,39)18-11-10-15-21-13-8-7-9-14-21/h7-9,12-14,16-17,19,24H,10-11,15,18,20H2,1-6H3,(H,34,35)(H,38,39)(H2,31,32,36). The molecule has 2 rings (SSSR count). The smallest absolute Gasteiger partial charge is 0.437 e. The number of guanidine groups is 1. The molecule has 2 atom stereocenters. The Hall–Kier alpha value is -3.69. The largest absolute Gasteiger partial charge is 0.481 e. The number of carbonyl (C=O) groups is 3. The average Bonchev–Trinajstić information content (AvgIpc) is 2.83. The third kappa shape index (κ3) is 12.0. The number of aliphatic carboxylic acids is 1. The number of aryl methyl sites for hydroxylation is 1. The van der Waals surface area contributed by atoms with Crippen molar-refractivity contribution in [3.8, 4) is 0 Å². The lowest BCUT2D eigenvalue weighted by molar-refractivity contribution is -0.138. The van der Waals surface area contributed by atoms with Crippen LogP contribution in [0.3, 0.4) is 0 Å². The van der Waals surface area contributed by atoms with Gasteiger partial charge in [0, 0.05) is 12.3 Å². The molecule has 0 saturated heterocycles. The monoisotopic (exact) mass is 603 g/mol. The second-order valence-corrected chi connectivity index (χ2v) is 14.5. The van der Waals surface area contributed by atoms with Crippen molar-refractivity contribution >= 4 is 37.2 Å². The normalized spacial score (nSPS) is 14.4. The van der Waals surface area contributed by atoms with E-state index in [2.05, 4.69) is 4.99 Å². The van der Waals surface area contributed by atoms with Crippen LogP contribution in [0.2, 0.25) is 0 Å². The lowest BCUT2D eigenvalue weighted by Gasteiger charge is -2.27. The van der Waals surface area contributed by atoms with Crippen LogP contribution in [-0.2, 0) is 25.3 Å². The number of carboxylic acid groups (broad SMARTS) is 1. The van der Waals surface area contributed by atoms with Crippen LogP contribution in [0, 0.1) is 0 Å². The summed E-state index contributed by atoms with van der Waals surface area (Å²) in [5, 5.41) is 9.99. The zero-order valence-corrected chi connectivity index (χ0v) is 26.0. The second-order valence-electron chi connectivity index (χ2n) is 11.9. The van der Waals surface area contributed by atoms with E-state index in [0.29, 0.717) is 12.8 Å². The molecular formula is C30H42N3O8P. The van der Waals surface area contributed by atoms with Crippen molar-refractivity contribution in [1.82, 2.24) is 0 Å². The number of amides is 2. The van der Waals surface area contributed by atoms with Crippen LogP contribution in [0.4, 0.5) is 15.3 Å². The molecule has 2 aromatic carbocycles. The Morgan fingerprint density at radius 2 is 1.57 bits per heavy atom. The Balaban J connectivity index is 2.31. The fraction of sp³-hybridized carbons (Fsp3) is 0.467. The number of rotatable bonds is 10. The van der Waals surface area contributed by atoms with Gasteiger partial charge in [0.25, 0.3) is 0 Å². The molecule has 42 heavy (non-hydrogen) atoms. The van der Waals surface area contributed by atoms with Crippen molar-refractivity contribution in [3.63, 3.8) is 0 Å². The van der Waals surface area contributed by atoms with Crippen molar-refractivity contribution in [2.75, 3.05) is 17.2 Å². The molecule has 12 heteroatoms. The quantitative estimate of drug-likeness (QED) is 0.125. The van der Waals surface area contributed by atoms with Crippen molar-refractivity contribution in [1.29, 1.82) is 0 Å². The van der Waals surface area contributed by atoms with E-state index in [1.54, 1.807) is 41.5 Å². The van der Waals surface area contributed by atoms with Crippen LogP contribution in [0.1, 0.15) is 71.4 Å². The number of nitrogens with two attached hydrogens (primary N) is 1. The summed E-state index contributed by atoms with van der Waals surface area (Å²) in [6, 6.07) is 15.5. The van der Waals surface area contributed by atoms with Crippen LogP contribution in [0.15, 0.2) is 59.6 Å². The van der Waals surface area contributed by atoms with Gasteiger partial charge < -0.3 is 25.2 Å². The predicted molar refractivity (Wildman–Crippen MR) is 162 cm³/mol. The summed E-state index contributed by atoms with van der Waals surface area (Å²) in [5.41, 5.74) is 5.59. The van der Waals surface area contributed by atoms with Crippen molar-refractivity contribution in [2.24, 2.45) is 10.7 Å². The van der Waals surface area contributed by atoms with Crippen LogP contribution >= 0.6 is 7.37 Å². The number of hydrogen-bond acceptors (Lipinski definition) is 6. The Labute approximate surface area is 247 Å². The van der Waals surface area contributed by atoms with Gasteiger partial charge in [-0.15, -0.1) is 4.99 Å². The van der Waals surface area contributed by atoms with Gasteiger partial charge in [-0.2, -0.15) is 0 Å². The van der Waals surface area contributed by atoms with E-state index in [0.717, 1.165) is 16.9 Å². The highest BCUT2D eigenvalue weighted by Gasteiger charge is 2.32. The SMILES string of the molecule is CC(C)(C)OC(=O)N=C(N)N(C(=O)OC(C)(C)C)c1cccc(C(CP(=O)(O)CCCCc2ccccc2)C(=O)O)c1. The molecule has 2 aromatic rings. The number of ether oxygens (including phenoxy) is 2. The average molecular weight is 604 g/mol. The van der Waals surface area contributed by atoms with Crippen LogP contribution in [0.25, 0.3) is 0 Å². The molecule has 0 heterocycles. The summed E-state index contributed by atoms with van der Waals surface area (Å²) in [6.45, 7) is 9.84. The Bertz CT molecular complexity index is 1320. The zero-order chi connectivity index (χ0) is 31.7. The Morgan fingerprint density at radius 3 is 2.14 bits per heavy atom. The molecule has 0 radical (unpaired) electrons. The fourth-order valence-corrected chi connectivity index (χ4v) is 5.82. The molecular weight excluding hydrogens is 561 g/mol. The van der Waals surface area contributed by atoms with Crippen molar-refractivity contribution in [3.05, 3.63) is 65.7 Å². The molecule has 4 N–H and O–H groups in total. The maximum Gasteiger partial charge on any atom is 0.437 e. The van der Waals surface area contributed by atoms with Crippen LogP contribution in [-0.4, -0.2) is 57.6 Å². The maximum absolute atomic E-state index is 13.2. The number of carboxylic acids is 1. The molecule has 0 saturated carbocycles. The highest BCUT2D eigenvalue weighted by molar-refractivity contribution is 7.58. The van der Waals surface area contributed by atoms with Gasteiger partial charge in [0.15, 0.2) is 0 Å². The molecule has 0 aromatic heterocycles. The molecule has 2 amide bonds. The first-order valence-corrected chi connectivity index (χ1v) is 15.7. The molecule has 0 bridgehead atoms. The third-order valence-electron chi connectivity index (χ3n) is 5.77. The van der Waals surface area contributed by atoms with Gasteiger partial charge in [0.1, 0.15) is 11.2 Å². The molecule has 11 nitrogen and oxygen atoms in total. The summed E-state index contributed by atoms with van der Waals surface area (Å²) >= 11 is 0. The lowest BCUT2D eigenvalue weighted by Crippen LogP contribution is -2.45. The van der Waals surface area contributed by atoms with E-state index in [1.807, 2.05) is 30.3 Å². The van der Waals surface area contributed by atoms with E-state index in [1.165, 1.54) is 24.3 Å². The van der Waals surface area contributed by atoms with Gasteiger partial charge >= 0.3 is 18.2 Å². The molecule has 0 aliphatic carbocycles. The highest BCUT2D eigenvalue weighted by atomic mass is 31.2. The van der Waals surface area contributed by atoms with Gasteiger partial charge in [-0.3, -0.25) is 9.36 Å². The number of unbranched alkanes of at least 4 members (excludes halogenated alkanes) is 1. The molecule has 0 fully saturated rings. The summed E-state index contributed by atoms with van der Waals surface area (Å²) in [4.78, 5) is 52.9. The number of hydrogen-bond donors (Lipinski definition) is 3. The maximum atomic E-state index is 13.2. The molecule has 0 aliphatic heterocycles. The number of carbonyl (C=O) groups excluding carboxylic acids is 2. The minimum Gasteiger partial charge on any atom is -0.481 e. The Morgan fingerprint density at radius 1 is 0.952 bits per heavy atom. The van der Waals surface area contributed by atoms with E-state index in [-0.39, 0.29) is 17.4 Å². The van der Waals surface area contributed by atoms with Gasteiger partial charge in [-0.05, 0) is 84.1 Å². The first-order valence-electron chi connectivity index (χ1n) is 13.6.